The van der Waals surface area contributed by atoms with E-state index in [4.69, 9.17) is 24.2 Å². The summed E-state index contributed by atoms with van der Waals surface area (Å²) in [7, 11) is 1.80. The van der Waals surface area contributed by atoms with Gasteiger partial charge in [0.1, 0.15) is 24.3 Å². The van der Waals surface area contributed by atoms with Crippen molar-refractivity contribution in [1.82, 2.24) is 15.3 Å². The van der Waals surface area contributed by atoms with E-state index in [-0.39, 0.29) is 6.61 Å². The van der Waals surface area contributed by atoms with Crippen molar-refractivity contribution >= 4 is 11.8 Å². The number of rotatable bonds is 9. The van der Waals surface area contributed by atoms with E-state index < -0.39 is 6.10 Å². The Kier molecular flexibility index (Phi) is 8.11. The fourth-order valence-electron chi connectivity index (χ4n) is 3.84. The maximum Gasteiger partial charge on any atom is 0.228 e. The summed E-state index contributed by atoms with van der Waals surface area (Å²) in [6.45, 7) is 5.14. The van der Waals surface area contributed by atoms with E-state index >= 15 is 0 Å². The van der Waals surface area contributed by atoms with Crippen LogP contribution < -0.4 is 20.3 Å². The zero-order chi connectivity index (χ0) is 22.2. The van der Waals surface area contributed by atoms with E-state index in [1.807, 2.05) is 30.3 Å². The summed E-state index contributed by atoms with van der Waals surface area (Å²) in [4.78, 5) is 11.8. The average molecular weight is 444 g/mol. The monoisotopic (exact) mass is 443 g/mol. The van der Waals surface area contributed by atoms with Crippen molar-refractivity contribution in [2.45, 2.75) is 25.0 Å². The Morgan fingerprint density at radius 2 is 1.91 bits per heavy atom. The van der Waals surface area contributed by atoms with Crippen molar-refractivity contribution in [2.75, 3.05) is 69.9 Å². The lowest BCUT2D eigenvalue weighted by Gasteiger charge is -2.28. The first kappa shape index (κ1) is 22.7. The highest BCUT2D eigenvalue weighted by Gasteiger charge is 2.19. The third kappa shape index (κ3) is 6.29. The van der Waals surface area contributed by atoms with Crippen molar-refractivity contribution in [2.24, 2.45) is 0 Å². The van der Waals surface area contributed by atoms with Gasteiger partial charge >= 0.3 is 0 Å². The molecule has 1 aromatic heterocycles. The molecule has 3 N–H and O–H groups in total. The Morgan fingerprint density at radius 1 is 1.12 bits per heavy atom. The molecule has 1 unspecified atom stereocenters. The first-order valence-electron chi connectivity index (χ1n) is 11.3. The number of nitrogens with one attached hydrogen (secondary N) is 2. The minimum absolute atomic E-state index is 0.226. The van der Waals surface area contributed by atoms with Crippen LogP contribution in [0, 0.1) is 0 Å². The van der Waals surface area contributed by atoms with E-state index in [1.54, 1.807) is 7.05 Å². The van der Waals surface area contributed by atoms with E-state index in [0.717, 1.165) is 56.2 Å². The van der Waals surface area contributed by atoms with E-state index in [9.17, 15) is 5.11 Å². The number of nitrogens with zero attached hydrogens (tertiary/aromatic N) is 3. The van der Waals surface area contributed by atoms with E-state index in [1.165, 1.54) is 0 Å². The predicted molar refractivity (Wildman–Crippen MR) is 123 cm³/mol. The van der Waals surface area contributed by atoms with Crippen LogP contribution in [0.3, 0.4) is 0 Å². The molecule has 2 aliphatic rings. The number of anilines is 2. The summed E-state index contributed by atoms with van der Waals surface area (Å²) in [5.74, 6) is 2.22. The molecule has 2 saturated heterocycles. The molecular formula is C23H33N5O4. The molecule has 2 aromatic rings. The number of hydrogen-bond acceptors (Lipinski definition) is 9. The van der Waals surface area contributed by atoms with Gasteiger partial charge in [0.15, 0.2) is 0 Å². The SMILES string of the molecule is CNCC(O)COc1cccc(-c2cc(NC3CCOCC3)nc(N3CCOCC3)n2)c1. The number of aliphatic hydroxyl groups is 1. The number of aliphatic hydroxyl groups excluding tert-OH is 1. The molecule has 2 fully saturated rings. The molecule has 9 heteroatoms. The predicted octanol–water partition coefficient (Wildman–Crippen LogP) is 1.53. The second-order valence-electron chi connectivity index (χ2n) is 8.12. The van der Waals surface area contributed by atoms with Crippen molar-refractivity contribution in [3.63, 3.8) is 0 Å². The Bertz CT molecular complexity index is 856. The highest BCUT2D eigenvalue weighted by Crippen LogP contribution is 2.27. The summed E-state index contributed by atoms with van der Waals surface area (Å²) in [5, 5.41) is 16.5. The fraction of sp³-hybridized carbons (Fsp3) is 0.565. The molecule has 9 nitrogen and oxygen atoms in total. The number of benzene rings is 1. The molecule has 1 aromatic carbocycles. The van der Waals surface area contributed by atoms with Gasteiger partial charge in [-0.3, -0.25) is 0 Å². The van der Waals surface area contributed by atoms with E-state index in [0.29, 0.717) is 37.5 Å². The molecule has 32 heavy (non-hydrogen) atoms. The Hall–Kier alpha value is -2.46. The molecule has 3 heterocycles. The summed E-state index contributed by atoms with van der Waals surface area (Å²) in [5.41, 5.74) is 1.77. The Balaban J connectivity index is 1.57. The number of likely N-dealkylation sites (N-methyl/N-ethyl adjacent to an activating group) is 1. The van der Waals surface area contributed by atoms with Crippen LogP contribution in [-0.4, -0.2) is 86.9 Å². The van der Waals surface area contributed by atoms with Gasteiger partial charge in [-0.15, -0.1) is 0 Å². The third-order valence-corrected chi connectivity index (χ3v) is 5.59. The smallest absolute Gasteiger partial charge is 0.228 e. The number of ether oxygens (including phenoxy) is 3. The van der Waals surface area contributed by atoms with Gasteiger partial charge in [0.25, 0.3) is 0 Å². The van der Waals surface area contributed by atoms with Crippen LogP contribution in [0.4, 0.5) is 11.8 Å². The van der Waals surface area contributed by atoms with Gasteiger partial charge in [0.05, 0.1) is 18.9 Å². The van der Waals surface area contributed by atoms with Crippen LogP contribution in [0.25, 0.3) is 11.3 Å². The van der Waals surface area contributed by atoms with Crippen LogP contribution in [0.1, 0.15) is 12.8 Å². The van der Waals surface area contributed by atoms with Crippen LogP contribution >= 0.6 is 0 Å². The van der Waals surface area contributed by atoms with Gasteiger partial charge in [-0.05, 0) is 32.0 Å². The maximum absolute atomic E-state index is 9.93. The quantitative estimate of drug-likeness (QED) is 0.533. The van der Waals surface area contributed by atoms with Gasteiger partial charge < -0.3 is 34.9 Å². The normalized spacial score (nSPS) is 18.4. The Morgan fingerprint density at radius 3 is 2.69 bits per heavy atom. The number of aromatic nitrogens is 2. The molecular weight excluding hydrogens is 410 g/mol. The van der Waals surface area contributed by atoms with Crippen molar-refractivity contribution in [1.29, 1.82) is 0 Å². The first-order valence-corrected chi connectivity index (χ1v) is 11.3. The molecule has 0 saturated carbocycles. The largest absolute Gasteiger partial charge is 0.491 e. The van der Waals surface area contributed by atoms with E-state index in [2.05, 4.69) is 15.5 Å². The molecule has 174 valence electrons. The molecule has 0 aliphatic carbocycles. The van der Waals surface area contributed by atoms with Crippen LogP contribution in [-0.2, 0) is 9.47 Å². The molecule has 2 aliphatic heterocycles. The molecule has 4 rings (SSSR count). The molecule has 1 atom stereocenters. The molecule has 0 spiro atoms. The third-order valence-electron chi connectivity index (χ3n) is 5.59. The lowest BCUT2D eigenvalue weighted by Crippen LogP contribution is -2.37. The van der Waals surface area contributed by atoms with Gasteiger partial charge in [-0.25, -0.2) is 4.98 Å². The zero-order valence-corrected chi connectivity index (χ0v) is 18.6. The minimum atomic E-state index is -0.564. The minimum Gasteiger partial charge on any atom is -0.491 e. The topological polar surface area (TPSA) is 101 Å². The highest BCUT2D eigenvalue weighted by molar-refractivity contribution is 5.66. The van der Waals surface area contributed by atoms with Crippen molar-refractivity contribution in [3.05, 3.63) is 30.3 Å². The molecule has 0 bridgehead atoms. The number of hydrogen-bond donors (Lipinski definition) is 3. The first-order chi connectivity index (χ1) is 15.7. The number of morpholine rings is 1. The highest BCUT2D eigenvalue weighted by atomic mass is 16.5. The standard InChI is InChI=1S/C23H33N5O4/c1-24-15-19(29)16-32-20-4-2-3-17(13-20)21-14-22(25-18-5-9-30-10-6-18)27-23(26-21)28-7-11-31-12-8-28/h2-4,13-14,18-19,24,29H,5-12,15-16H2,1H3,(H,25,26,27). The summed E-state index contributed by atoms with van der Waals surface area (Å²) < 4.78 is 16.8. The fourth-order valence-corrected chi connectivity index (χ4v) is 3.84. The second-order valence-corrected chi connectivity index (χ2v) is 8.12. The lowest BCUT2D eigenvalue weighted by molar-refractivity contribution is 0.0904. The second kappa shape index (κ2) is 11.4. The maximum atomic E-state index is 9.93. The summed E-state index contributed by atoms with van der Waals surface area (Å²) >= 11 is 0. The van der Waals surface area contributed by atoms with Gasteiger partial charge in [-0.2, -0.15) is 4.98 Å². The lowest BCUT2D eigenvalue weighted by atomic mass is 10.1. The molecule has 0 amide bonds. The van der Waals surface area contributed by atoms with Gasteiger partial charge in [-0.1, -0.05) is 12.1 Å². The van der Waals surface area contributed by atoms with Gasteiger partial charge in [0, 0.05) is 50.5 Å². The average Bonchev–Trinajstić information content (AvgIpc) is 2.84. The van der Waals surface area contributed by atoms with Gasteiger partial charge in [0.2, 0.25) is 5.95 Å². The summed E-state index contributed by atoms with van der Waals surface area (Å²) in [6, 6.07) is 10.1. The molecule has 0 radical (unpaired) electrons. The zero-order valence-electron chi connectivity index (χ0n) is 18.6. The van der Waals surface area contributed by atoms with Crippen LogP contribution in [0.15, 0.2) is 30.3 Å². The summed E-state index contributed by atoms with van der Waals surface area (Å²) in [6.07, 6.45) is 1.36. The van der Waals surface area contributed by atoms with Crippen molar-refractivity contribution < 1.29 is 19.3 Å². The Labute approximate surface area is 189 Å². The van der Waals surface area contributed by atoms with Crippen molar-refractivity contribution in [3.8, 4) is 17.0 Å². The van der Waals surface area contributed by atoms with Crippen LogP contribution in [0.5, 0.6) is 5.75 Å². The van der Waals surface area contributed by atoms with Crippen LogP contribution in [0.2, 0.25) is 0 Å².